The predicted octanol–water partition coefficient (Wildman–Crippen LogP) is 1.35. The minimum atomic E-state index is -0.524. The van der Waals surface area contributed by atoms with Crippen molar-refractivity contribution in [3.8, 4) is 0 Å². The van der Waals surface area contributed by atoms with Gasteiger partial charge in [-0.25, -0.2) is 0 Å². The molecule has 0 aromatic carbocycles. The fraction of sp³-hybridized carbons (Fsp3) is 0.714. The number of aliphatic hydroxyl groups excluding tert-OH is 2. The molecule has 0 heterocycles. The van der Waals surface area contributed by atoms with Gasteiger partial charge in [0.1, 0.15) is 0 Å². The van der Waals surface area contributed by atoms with Crippen LogP contribution in [0.3, 0.4) is 0 Å². The van der Waals surface area contributed by atoms with Crippen LogP contribution in [0.25, 0.3) is 0 Å². The molecule has 2 saturated carbocycles. The van der Waals surface area contributed by atoms with E-state index in [4.69, 9.17) is 0 Å². The Labute approximate surface area is 95.7 Å². The fourth-order valence-corrected chi connectivity index (χ4v) is 4.81. The molecule has 2 N–H and O–H groups in total. The third kappa shape index (κ3) is 0.957. The van der Waals surface area contributed by atoms with Crippen molar-refractivity contribution in [2.24, 2.45) is 35.5 Å². The smallest absolute Gasteiger partial charge is 0.0870 e. The van der Waals surface area contributed by atoms with Crippen LogP contribution in [0.15, 0.2) is 24.3 Å². The second-order valence-electron chi connectivity index (χ2n) is 5.97. The van der Waals surface area contributed by atoms with E-state index in [1.54, 1.807) is 0 Å². The highest BCUT2D eigenvalue weighted by Gasteiger charge is 2.56. The van der Waals surface area contributed by atoms with E-state index in [0.717, 1.165) is 0 Å². The molecule has 0 amide bonds. The fourth-order valence-electron chi connectivity index (χ4n) is 4.81. The number of hydrogen-bond acceptors (Lipinski definition) is 2. The number of hydrogen-bond donors (Lipinski definition) is 2. The van der Waals surface area contributed by atoms with Crippen LogP contribution >= 0.6 is 0 Å². The van der Waals surface area contributed by atoms with Gasteiger partial charge in [0, 0.05) is 11.8 Å². The van der Waals surface area contributed by atoms with Crippen molar-refractivity contribution in [3.63, 3.8) is 0 Å². The average Bonchev–Trinajstić information content (AvgIpc) is 2.36. The van der Waals surface area contributed by atoms with Gasteiger partial charge in [-0.05, 0) is 36.5 Å². The molecular formula is C14H18O2. The van der Waals surface area contributed by atoms with Crippen molar-refractivity contribution < 1.29 is 10.2 Å². The second-order valence-corrected chi connectivity index (χ2v) is 5.97. The summed E-state index contributed by atoms with van der Waals surface area (Å²) in [4.78, 5) is 0. The van der Waals surface area contributed by atoms with Crippen LogP contribution in [0, 0.1) is 35.5 Å². The largest absolute Gasteiger partial charge is 0.390 e. The summed E-state index contributed by atoms with van der Waals surface area (Å²) in [7, 11) is 0. The van der Waals surface area contributed by atoms with E-state index in [-0.39, 0.29) is 11.8 Å². The number of allylic oxidation sites excluding steroid dienone is 2. The maximum atomic E-state index is 10.1. The first-order valence-electron chi connectivity index (χ1n) is 6.50. The summed E-state index contributed by atoms with van der Waals surface area (Å²) in [5.41, 5.74) is 0. The van der Waals surface area contributed by atoms with Crippen molar-refractivity contribution in [2.75, 3.05) is 0 Å². The molecule has 6 rings (SSSR count). The highest BCUT2D eigenvalue weighted by atomic mass is 16.3. The van der Waals surface area contributed by atoms with E-state index >= 15 is 0 Å². The Bertz CT molecular complexity index is 339. The Morgan fingerprint density at radius 3 is 1.50 bits per heavy atom. The van der Waals surface area contributed by atoms with E-state index in [9.17, 15) is 10.2 Å². The molecule has 0 radical (unpaired) electrons. The van der Waals surface area contributed by atoms with Gasteiger partial charge < -0.3 is 10.2 Å². The molecule has 0 spiro atoms. The Kier molecular flexibility index (Phi) is 1.76. The van der Waals surface area contributed by atoms with Crippen LogP contribution in [0.2, 0.25) is 0 Å². The lowest BCUT2D eigenvalue weighted by Crippen LogP contribution is -2.59. The zero-order valence-electron chi connectivity index (χ0n) is 9.24. The Morgan fingerprint density at radius 2 is 1.12 bits per heavy atom. The molecule has 0 saturated heterocycles. The van der Waals surface area contributed by atoms with Gasteiger partial charge in [-0.3, -0.25) is 0 Å². The molecule has 4 bridgehead atoms. The topological polar surface area (TPSA) is 40.5 Å². The van der Waals surface area contributed by atoms with Gasteiger partial charge >= 0.3 is 0 Å². The minimum absolute atomic E-state index is 0.197. The van der Waals surface area contributed by atoms with Gasteiger partial charge in [-0.15, -0.1) is 0 Å². The zero-order valence-corrected chi connectivity index (χ0v) is 9.24. The van der Waals surface area contributed by atoms with Crippen molar-refractivity contribution >= 4 is 0 Å². The van der Waals surface area contributed by atoms with Crippen LogP contribution < -0.4 is 0 Å². The van der Waals surface area contributed by atoms with Crippen LogP contribution in [0.5, 0.6) is 0 Å². The van der Waals surface area contributed by atoms with E-state index in [1.807, 2.05) is 0 Å². The molecule has 2 nitrogen and oxygen atoms in total. The normalized spacial score (nSPS) is 61.4. The third-order valence-corrected chi connectivity index (χ3v) is 5.46. The highest BCUT2D eigenvalue weighted by molar-refractivity contribution is 5.24. The lowest BCUT2D eigenvalue weighted by atomic mass is 9.48. The first kappa shape index (κ1) is 9.43. The van der Waals surface area contributed by atoms with Crippen molar-refractivity contribution in [2.45, 2.75) is 25.0 Å². The number of rotatable bonds is 0. The summed E-state index contributed by atoms with van der Waals surface area (Å²) in [6.07, 6.45) is 10.6. The van der Waals surface area contributed by atoms with Crippen LogP contribution in [-0.4, -0.2) is 22.4 Å². The highest BCUT2D eigenvalue weighted by Crippen LogP contribution is 2.58. The van der Waals surface area contributed by atoms with Crippen molar-refractivity contribution in [3.05, 3.63) is 24.3 Å². The molecule has 0 aliphatic heterocycles. The maximum Gasteiger partial charge on any atom is 0.0870 e. The lowest BCUT2D eigenvalue weighted by molar-refractivity contribution is -0.141. The SMILES string of the molecule is OC1C(O)C2C=CC1C1C3C=CC(CC3)C21. The zero-order chi connectivity index (χ0) is 10.9. The summed E-state index contributed by atoms with van der Waals surface area (Å²) in [6.45, 7) is 0. The minimum Gasteiger partial charge on any atom is -0.390 e. The van der Waals surface area contributed by atoms with Crippen LogP contribution in [0.1, 0.15) is 12.8 Å². The molecule has 86 valence electrons. The molecule has 16 heavy (non-hydrogen) atoms. The molecule has 6 aliphatic rings. The van der Waals surface area contributed by atoms with E-state index in [0.29, 0.717) is 23.7 Å². The van der Waals surface area contributed by atoms with Gasteiger partial charge in [-0.1, -0.05) is 24.3 Å². The summed E-state index contributed by atoms with van der Waals surface area (Å²) in [6, 6.07) is 0. The molecule has 0 aromatic heterocycles. The van der Waals surface area contributed by atoms with E-state index < -0.39 is 12.2 Å². The van der Waals surface area contributed by atoms with Crippen LogP contribution in [-0.2, 0) is 0 Å². The number of fused-ring (bicyclic) bond motifs is 2. The molecule has 0 aromatic rings. The van der Waals surface area contributed by atoms with E-state index in [1.165, 1.54) is 12.8 Å². The Hall–Kier alpha value is -0.600. The molecule has 8 atom stereocenters. The van der Waals surface area contributed by atoms with Gasteiger partial charge in [0.15, 0.2) is 0 Å². The summed E-state index contributed by atoms with van der Waals surface area (Å²) in [5.74, 6) is 2.88. The Balaban J connectivity index is 1.81. The molecular weight excluding hydrogens is 200 g/mol. The van der Waals surface area contributed by atoms with E-state index in [2.05, 4.69) is 24.3 Å². The summed E-state index contributed by atoms with van der Waals surface area (Å²) < 4.78 is 0. The lowest BCUT2D eigenvalue weighted by Gasteiger charge is -2.58. The quantitative estimate of drug-likeness (QED) is 0.603. The first-order chi connectivity index (χ1) is 7.77. The van der Waals surface area contributed by atoms with Crippen LogP contribution in [0.4, 0.5) is 0 Å². The van der Waals surface area contributed by atoms with Gasteiger partial charge in [-0.2, -0.15) is 0 Å². The van der Waals surface area contributed by atoms with Crippen molar-refractivity contribution in [1.82, 2.24) is 0 Å². The third-order valence-electron chi connectivity index (χ3n) is 5.46. The average molecular weight is 218 g/mol. The number of aliphatic hydroxyl groups is 2. The summed E-state index contributed by atoms with van der Waals surface area (Å²) in [5, 5.41) is 20.2. The standard InChI is InChI=1S/C14H18O2/c15-13-9-5-6-10(14(13)16)12-8-2-1-7(3-4-8)11(9)12/h1-2,5-16H,3-4H2. The summed E-state index contributed by atoms with van der Waals surface area (Å²) >= 11 is 0. The molecule has 2 heteroatoms. The predicted molar refractivity (Wildman–Crippen MR) is 60.5 cm³/mol. The molecule has 2 fully saturated rings. The maximum absolute atomic E-state index is 10.1. The van der Waals surface area contributed by atoms with Gasteiger partial charge in [0.2, 0.25) is 0 Å². The molecule has 6 aliphatic carbocycles. The first-order valence-corrected chi connectivity index (χ1v) is 6.50. The van der Waals surface area contributed by atoms with Gasteiger partial charge in [0.25, 0.3) is 0 Å². The second kappa shape index (κ2) is 2.99. The van der Waals surface area contributed by atoms with Crippen molar-refractivity contribution in [1.29, 1.82) is 0 Å². The van der Waals surface area contributed by atoms with Gasteiger partial charge in [0.05, 0.1) is 12.2 Å². The Morgan fingerprint density at radius 1 is 0.688 bits per heavy atom. The monoisotopic (exact) mass is 218 g/mol. The molecule has 8 unspecified atom stereocenters.